The maximum Gasteiger partial charge on any atom is 0.125 e. The van der Waals surface area contributed by atoms with E-state index in [1.54, 1.807) is 0 Å². The van der Waals surface area contributed by atoms with Gasteiger partial charge in [0.05, 0.1) is 0 Å². The van der Waals surface area contributed by atoms with Gasteiger partial charge < -0.3 is 10.5 Å². The van der Waals surface area contributed by atoms with E-state index in [9.17, 15) is 0 Å². The molecule has 2 aliphatic heterocycles. The van der Waals surface area contributed by atoms with Crippen molar-refractivity contribution < 1.29 is 4.74 Å². The molecule has 0 aromatic heterocycles. The Morgan fingerprint density at radius 2 is 2.29 bits per heavy atom. The highest BCUT2D eigenvalue weighted by Gasteiger charge is 2.45. The second-order valence-corrected chi connectivity index (χ2v) is 6.97. The molecule has 0 aliphatic carbocycles. The molecule has 92 valence electrons. The van der Waals surface area contributed by atoms with E-state index in [1.807, 2.05) is 30.0 Å². The van der Waals surface area contributed by atoms with Crippen molar-refractivity contribution in [3.8, 4) is 5.75 Å². The van der Waals surface area contributed by atoms with Gasteiger partial charge in [-0.2, -0.15) is 11.8 Å². The molecular weight excluding hydrogens is 254 g/mol. The van der Waals surface area contributed by atoms with Gasteiger partial charge in [0.1, 0.15) is 11.4 Å². The van der Waals surface area contributed by atoms with Crippen LogP contribution in [0.1, 0.15) is 31.4 Å². The molecule has 0 saturated carbocycles. The summed E-state index contributed by atoms with van der Waals surface area (Å²) in [6.07, 6.45) is 1.99. The number of nitrogens with two attached hydrogens (primary N) is 1. The van der Waals surface area contributed by atoms with Crippen LogP contribution in [0, 0.1) is 0 Å². The fourth-order valence-corrected chi connectivity index (χ4v) is 4.32. The molecule has 2 unspecified atom stereocenters. The number of hydrogen-bond donors (Lipinski definition) is 1. The lowest BCUT2D eigenvalue weighted by Gasteiger charge is -2.38. The summed E-state index contributed by atoms with van der Waals surface area (Å²) in [4.78, 5) is 0. The number of hydrogen-bond acceptors (Lipinski definition) is 3. The first-order chi connectivity index (χ1) is 8.08. The van der Waals surface area contributed by atoms with Crippen molar-refractivity contribution in [1.82, 2.24) is 0 Å². The zero-order valence-corrected chi connectivity index (χ0v) is 11.4. The molecule has 1 spiro atoms. The Balaban J connectivity index is 1.96. The number of rotatable bonds is 0. The van der Waals surface area contributed by atoms with Gasteiger partial charge in [-0.25, -0.2) is 0 Å². The molecule has 0 amide bonds. The van der Waals surface area contributed by atoms with Crippen LogP contribution in [0.2, 0.25) is 5.02 Å². The lowest BCUT2D eigenvalue weighted by Crippen LogP contribution is -2.43. The lowest BCUT2D eigenvalue weighted by molar-refractivity contribution is 0.0576. The minimum atomic E-state index is -0.0513. The summed E-state index contributed by atoms with van der Waals surface area (Å²) in [6, 6.07) is 5.80. The smallest absolute Gasteiger partial charge is 0.125 e. The van der Waals surface area contributed by atoms with Crippen LogP contribution in [0.3, 0.4) is 0 Å². The summed E-state index contributed by atoms with van der Waals surface area (Å²) in [7, 11) is 0. The summed E-state index contributed by atoms with van der Waals surface area (Å²) >= 11 is 7.98. The summed E-state index contributed by atoms with van der Waals surface area (Å²) in [5.74, 6) is 1.96. The predicted octanol–water partition coefficient (Wildman–Crippen LogP) is 3.39. The minimum absolute atomic E-state index is 0.0448. The SMILES string of the molecule is CC1CC2(CS1)C[C@@H](N)c1cc(Cl)ccc1O2. The molecule has 3 atom stereocenters. The molecule has 0 bridgehead atoms. The number of thioether (sulfide) groups is 1. The Morgan fingerprint density at radius 3 is 3.00 bits per heavy atom. The van der Waals surface area contributed by atoms with Gasteiger partial charge in [-0.15, -0.1) is 0 Å². The average Bonchev–Trinajstić information content (AvgIpc) is 2.61. The fourth-order valence-electron chi connectivity index (χ4n) is 2.84. The molecule has 2 aliphatic rings. The first-order valence-corrected chi connectivity index (χ1v) is 7.36. The maximum absolute atomic E-state index is 6.27. The Bertz CT molecular complexity index is 453. The molecule has 1 aromatic carbocycles. The van der Waals surface area contributed by atoms with Crippen LogP contribution in [0.4, 0.5) is 0 Å². The third-order valence-corrected chi connectivity index (χ3v) is 5.24. The molecule has 2 heterocycles. The second-order valence-electron chi connectivity index (χ2n) is 5.10. The largest absolute Gasteiger partial charge is 0.486 e. The highest BCUT2D eigenvalue weighted by Crippen LogP contribution is 2.47. The number of halogens is 1. The first kappa shape index (κ1) is 11.7. The Morgan fingerprint density at radius 1 is 1.47 bits per heavy atom. The zero-order chi connectivity index (χ0) is 12.0. The Hall–Kier alpha value is -0.380. The van der Waals surface area contributed by atoms with Crippen molar-refractivity contribution in [3.63, 3.8) is 0 Å². The van der Waals surface area contributed by atoms with Crippen molar-refractivity contribution in [3.05, 3.63) is 28.8 Å². The van der Waals surface area contributed by atoms with E-state index in [0.717, 1.165) is 34.9 Å². The van der Waals surface area contributed by atoms with Crippen molar-refractivity contribution in [2.24, 2.45) is 5.73 Å². The standard InChI is InChI=1S/C13H16ClNOS/c1-8-5-13(7-17-8)6-11(15)10-4-9(14)2-3-12(10)16-13/h2-4,8,11H,5-7,15H2,1H3/t8?,11-,13?/m1/s1. The van der Waals surface area contributed by atoms with Gasteiger partial charge >= 0.3 is 0 Å². The first-order valence-electron chi connectivity index (χ1n) is 5.94. The van der Waals surface area contributed by atoms with E-state index in [-0.39, 0.29) is 11.6 Å². The molecule has 17 heavy (non-hydrogen) atoms. The highest BCUT2D eigenvalue weighted by molar-refractivity contribution is 8.00. The second kappa shape index (κ2) is 4.08. The van der Waals surface area contributed by atoms with Crippen LogP contribution in [-0.2, 0) is 0 Å². The molecule has 2 N–H and O–H groups in total. The van der Waals surface area contributed by atoms with Gasteiger partial charge in [0.15, 0.2) is 0 Å². The predicted molar refractivity (Wildman–Crippen MR) is 72.9 cm³/mol. The van der Waals surface area contributed by atoms with E-state index in [0.29, 0.717) is 5.25 Å². The maximum atomic E-state index is 6.27. The van der Waals surface area contributed by atoms with Crippen molar-refractivity contribution in [1.29, 1.82) is 0 Å². The highest BCUT2D eigenvalue weighted by atomic mass is 35.5. The third kappa shape index (κ3) is 2.05. The molecule has 1 fully saturated rings. The van der Waals surface area contributed by atoms with E-state index < -0.39 is 0 Å². The van der Waals surface area contributed by atoms with Crippen LogP contribution >= 0.6 is 23.4 Å². The topological polar surface area (TPSA) is 35.2 Å². The molecule has 1 saturated heterocycles. The van der Waals surface area contributed by atoms with Gasteiger partial charge in [-0.05, 0) is 24.6 Å². The van der Waals surface area contributed by atoms with E-state index in [1.165, 1.54) is 0 Å². The number of benzene rings is 1. The van der Waals surface area contributed by atoms with Crippen molar-refractivity contribution in [2.75, 3.05) is 5.75 Å². The van der Waals surface area contributed by atoms with Gasteiger partial charge in [-0.3, -0.25) is 0 Å². The van der Waals surface area contributed by atoms with Gasteiger partial charge in [0, 0.05) is 34.1 Å². The van der Waals surface area contributed by atoms with Crippen LogP contribution < -0.4 is 10.5 Å². The lowest BCUT2D eigenvalue weighted by atomic mass is 9.86. The van der Waals surface area contributed by atoms with Crippen LogP contribution in [-0.4, -0.2) is 16.6 Å². The van der Waals surface area contributed by atoms with Crippen LogP contribution in [0.15, 0.2) is 18.2 Å². The third-order valence-electron chi connectivity index (χ3n) is 3.58. The quantitative estimate of drug-likeness (QED) is 0.784. The van der Waals surface area contributed by atoms with Crippen molar-refractivity contribution >= 4 is 23.4 Å². The molecule has 2 nitrogen and oxygen atoms in total. The molecule has 1 aromatic rings. The van der Waals surface area contributed by atoms with Crippen LogP contribution in [0.5, 0.6) is 5.75 Å². The summed E-state index contributed by atoms with van der Waals surface area (Å²) in [6.45, 7) is 2.26. The summed E-state index contributed by atoms with van der Waals surface area (Å²) in [5.41, 5.74) is 7.26. The number of fused-ring (bicyclic) bond motifs is 1. The van der Waals surface area contributed by atoms with E-state index in [2.05, 4.69) is 6.92 Å². The summed E-state index contributed by atoms with van der Waals surface area (Å²) < 4.78 is 6.22. The van der Waals surface area contributed by atoms with Gasteiger partial charge in [0.2, 0.25) is 0 Å². The monoisotopic (exact) mass is 269 g/mol. The molecule has 4 heteroatoms. The normalized spacial score (nSPS) is 35.7. The van der Waals surface area contributed by atoms with Gasteiger partial charge in [0.25, 0.3) is 0 Å². The molecule has 3 rings (SSSR count). The fraction of sp³-hybridized carbons (Fsp3) is 0.538. The minimum Gasteiger partial charge on any atom is -0.486 e. The average molecular weight is 270 g/mol. The van der Waals surface area contributed by atoms with E-state index in [4.69, 9.17) is 22.1 Å². The Labute approximate surface area is 111 Å². The van der Waals surface area contributed by atoms with Gasteiger partial charge in [-0.1, -0.05) is 18.5 Å². The zero-order valence-electron chi connectivity index (χ0n) is 9.78. The molecule has 0 radical (unpaired) electrons. The summed E-state index contributed by atoms with van der Waals surface area (Å²) in [5, 5.41) is 1.39. The number of ether oxygens (including phenoxy) is 1. The molecular formula is C13H16ClNOS. The van der Waals surface area contributed by atoms with E-state index >= 15 is 0 Å². The van der Waals surface area contributed by atoms with Crippen molar-refractivity contribution in [2.45, 2.75) is 36.7 Å². The Kier molecular flexibility index (Phi) is 2.80. The van der Waals surface area contributed by atoms with Crippen LogP contribution in [0.25, 0.3) is 0 Å².